The van der Waals surface area contributed by atoms with Crippen LogP contribution in [-0.4, -0.2) is 0 Å². The van der Waals surface area contributed by atoms with E-state index in [9.17, 15) is 0 Å². The van der Waals surface area contributed by atoms with Crippen LogP contribution in [0, 0.1) is 0 Å². The molecule has 1 heterocycles. The quantitative estimate of drug-likeness (QED) is 0.704. The number of aromatic nitrogens is 1. The van der Waals surface area contributed by atoms with Gasteiger partial charge in [0.15, 0.2) is 12.4 Å². The van der Waals surface area contributed by atoms with E-state index in [1.807, 2.05) is 0 Å². The fraction of sp³-hybridized carbons (Fsp3) is 0.389. The maximum absolute atomic E-state index is 2.33. The summed E-state index contributed by atoms with van der Waals surface area (Å²) in [5, 5.41) is 0. The SMILES string of the molecule is CCC(CC(C)c1cc[n+](C)cc1)c1ccccc1. The lowest BCUT2D eigenvalue weighted by atomic mass is 9.85. The van der Waals surface area contributed by atoms with Gasteiger partial charge in [0.2, 0.25) is 0 Å². The lowest BCUT2D eigenvalue weighted by Crippen LogP contribution is -2.26. The van der Waals surface area contributed by atoms with Crippen molar-refractivity contribution in [3.63, 3.8) is 0 Å². The van der Waals surface area contributed by atoms with E-state index in [-0.39, 0.29) is 0 Å². The van der Waals surface area contributed by atoms with Gasteiger partial charge in [0, 0.05) is 12.1 Å². The standard InChI is InChI=1S/C18H24N/c1-4-16(18-8-6-5-7-9-18)14-15(2)17-10-12-19(3)13-11-17/h5-13,15-16H,4,14H2,1-3H3/q+1. The molecular weight excluding hydrogens is 230 g/mol. The first-order valence-electron chi connectivity index (χ1n) is 7.20. The minimum Gasteiger partial charge on any atom is -0.208 e. The lowest BCUT2D eigenvalue weighted by Gasteiger charge is -2.20. The Morgan fingerprint density at radius 1 is 0.947 bits per heavy atom. The first-order valence-corrected chi connectivity index (χ1v) is 7.20. The summed E-state index contributed by atoms with van der Waals surface area (Å²) in [6.45, 7) is 4.62. The maximum atomic E-state index is 2.33. The molecule has 0 amide bonds. The Morgan fingerprint density at radius 2 is 1.58 bits per heavy atom. The van der Waals surface area contributed by atoms with Crippen molar-refractivity contribution >= 4 is 0 Å². The zero-order valence-corrected chi connectivity index (χ0v) is 12.2. The Kier molecular flexibility index (Phi) is 4.73. The molecule has 0 fully saturated rings. The Bertz CT molecular complexity index is 487. The molecule has 2 atom stereocenters. The molecule has 1 nitrogen and oxygen atoms in total. The highest BCUT2D eigenvalue weighted by atomic mass is 14.9. The number of rotatable bonds is 5. The Labute approximate surface area is 116 Å². The van der Waals surface area contributed by atoms with Crippen molar-refractivity contribution in [1.82, 2.24) is 0 Å². The predicted molar refractivity (Wildman–Crippen MR) is 80.1 cm³/mol. The minimum atomic E-state index is 0.603. The van der Waals surface area contributed by atoms with Gasteiger partial charge in [0.25, 0.3) is 0 Å². The average molecular weight is 254 g/mol. The largest absolute Gasteiger partial charge is 0.208 e. The zero-order chi connectivity index (χ0) is 13.7. The van der Waals surface area contributed by atoms with Crippen molar-refractivity contribution in [2.24, 2.45) is 7.05 Å². The molecule has 0 aliphatic carbocycles. The Balaban J connectivity index is 2.08. The second-order valence-electron chi connectivity index (χ2n) is 5.45. The fourth-order valence-corrected chi connectivity index (χ4v) is 2.67. The number of hydrogen-bond acceptors (Lipinski definition) is 0. The molecular formula is C18H24N+. The van der Waals surface area contributed by atoms with Gasteiger partial charge in [-0.25, -0.2) is 4.57 Å². The highest BCUT2D eigenvalue weighted by Gasteiger charge is 2.15. The maximum Gasteiger partial charge on any atom is 0.168 e. The molecule has 0 aliphatic heterocycles. The van der Waals surface area contributed by atoms with Crippen LogP contribution in [0.2, 0.25) is 0 Å². The summed E-state index contributed by atoms with van der Waals surface area (Å²) in [5.41, 5.74) is 2.91. The Morgan fingerprint density at radius 3 is 2.16 bits per heavy atom. The van der Waals surface area contributed by atoms with Crippen LogP contribution in [0.3, 0.4) is 0 Å². The summed E-state index contributed by atoms with van der Waals surface area (Å²) >= 11 is 0. The topological polar surface area (TPSA) is 3.88 Å². The first-order chi connectivity index (χ1) is 9.20. The molecule has 2 unspecified atom stereocenters. The highest BCUT2D eigenvalue weighted by Crippen LogP contribution is 2.31. The van der Waals surface area contributed by atoms with Crippen LogP contribution < -0.4 is 4.57 Å². The fourth-order valence-electron chi connectivity index (χ4n) is 2.67. The molecule has 100 valence electrons. The summed E-state index contributed by atoms with van der Waals surface area (Å²) < 4.78 is 2.09. The van der Waals surface area contributed by atoms with Crippen molar-refractivity contribution in [1.29, 1.82) is 0 Å². The summed E-state index contributed by atoms with van der Waals surface area (Å²) in [5.74, 6) is 1.26. The molecule has 1 heteroatoms. The van der Waals surface area contributed by atoms with Crippen LogP contribution in [0.15, 0.2) is 54.9 Å². The first kappa shape index (κ1) is 13.8. The number of nitrogens with zero attached hydrogens (tertiary/aromatic N) is 1. The van der Waals surface area contributed by atoms with E-state index in [4.69, 9.17) is 0 Å². The van der Waals surface area contributed by atoms with Crippen LogP contribution in [0.4, 0.5) is 0 Å². The van der Waals surface area contributed by atoms with E-state index in [0.29, 0.717) is 11.8 Å². The van der Waals surface area contributed by atoms with Crippen LogP contribution in [-0.2, 0) is 7.05 Å². The highest BCUT2D eigenvalue weighted by molar-refractivity contribution is 5.21. The van der Waals surface area contributed by atoms with Gasteiger partial charge in [-0.1, -0.05) is 44.2 Å². The van der Waals surface area contributed by atoms with Gasteiger partial charge in [0.05, 0.1) is 0 Å². The third-order valence-corrected chi connectivity index (χ3v) is 3.98. The lowest BCUT2D eigenvalue weighted by molar-refractivity contribution is -0.671. The molecule has 19 heavy (non-hydrogen) atoms. The van der Waals surface area contributed by atoms with Crippen molar-refractivity contribution in [3.8, 4) is 0 Å². The van der Waals surface area contributed by atoms with E-state index in [1.54, 1.807) is 0 Å². The van der Waals surface area contributed by atoms with Crippen molar-refractivity contribution < 1.29 is 4.57 Å². The summed E-state index contributed by atoms with van der Waals surface area (Å²) in [7, 11) is 2.06. The molecule has 0 aliphatic rings. The van der Waals surface area contributed by atoms with E-state index >= 15 is 0 Å². The third-order valence-electron chi connectivity index (χ3n) is 3.98. The van der Waals surface area contributed by atoms with Gasteiger partial charge in [-0.15, -0.1) is 0 Å². The number of pyridine rings is 1. The summed E-state index contributed by atoms with van der Waals surface area (Å²) in [6.07, 6.45) is 6.69. The zero-order valence-electron chi connectivity index (χ0n) is 12.2. The number of aryl methyl sites for hydroxylation is 1. The van der Waals surface area contributed by atoms with Gasteiger partial charge in [0.1, 0.15) is 7.05 Å². The Hall–Kier alpha value is -1.63. The normalized spacial score (nSPS) is 14.1. The number of hydrogen-bond donors (Lipinski definition) is 0. The molecule has 0 spiro atoms. The van der Waals surface area contributed by atoms with Crippen LogP contribution in [0.25, 0.3) is 0 Å². The van der Waals surface area contributed by atoms with Crippen LogP contribution in [0.5, 0.6) is 0 Å². The molecule has 2 rings (SSSR count). The molecule has 0 saturated carbocycles. The average Bonchev–Trinajstić information content (AvgIpc) is 2.46. The molecule has 1 aromatic carbocycles. The summed E-state index contributed by atoms with van der Waals surface area (Å²) in [6, 6.07) is 15.4. The van der Waals surface area contributed by atoms with E-state index in [1.165, 1.54) is 24.0 Å². The van der Waals surface area contributed by atoms with Crippen molar-refractivity contribution in [3.05, 3.63) is 66.0 Å². The smallest absolute Gasteiger partial charge is 0.168 e. The third kappa shape index (κ3) is 3.66. The monoisotopic (exact) mass is 254 g/mol. The van der Waals surface area contributed by atoms with Gasteiger partial charge >= 0.3 is 0 Å². The predicted octanol–water partition coefficient (Wildman–Crippen LogP) is 4.20. The van der Waals surface area contributed by atoms with Crippen LogP contribution in [0.1, 0.15) is 49.7 Å². The van der Waals surface area contributed by atoms with Gasteiger partial charge in [-0.05, 0) is 35.8 Å². The van der Waals surface area contributed by atoms with Gasteiger partial charge in [-0.2, -0.15) is 0 Å². The molecule has 0 bridgehead atoms. The second kappa shape index (κ2) is 6.51. The molecule has 0 radical (unpaired) electrons. The van der Waals surface area contributed by atoms with Crippen molar-refractivity contribution in [2.75, 3.05) is 0 Å². The minimum absolute atomic E-state index is 0.603. The molecule has 0 N–H and O–H groups in total. The number of benzene rings is 1. The van der Waals surface area contributed by atoms with E-state index in [2.05, 4.69) is 80.3 Å². The van der Waals surface area contributed by atoms with Gasteiger partial charge in [-0.3, -0.25) is 0 Å². The molecule has 0 saturated heterocycles. The van der Waals surface area contributed by atoms with Crippen LogP contribution >= 0.6 is 0 Å². The van der Waals surface area contributed by atoms with Crippen molar-refractivity contribution in [2.45, 2.75) is 38.5 Å². The van der Waals surface area contributed by atoms with Gasteiger partial charge < -0.3 is 0 Å². The molecule has 2 aromatic rings. The second-order valence-corrected chi connectivity index (χ2v) is 5.45. The van der Waals surface area contributed by atoms with E-state index < -0.39 is 0 Å². The summed E-state index contributed by atoms with van der Waals surface area (Å²) in [4.78, 5) is 0. The van der Waals surface area contributed by atoms with E-state index in [0.717, 1.165) is 0 Å². The molecule has 1 aromatic heterocycles.